The van der Waals surface area contributed by atoms with Crippen LogP contribution in [0.4, 0.5) is 0 Å². The number of hydrogen-bond acceptors (Lipinski definition) is 7. The van der Waals surface area contributed by atoms with Crippen molar-refractivity contribution in [2.75, 3.05) is 0 Å². The molecule has 0 fully saturated rings. The van der Waals surface area contributed by atoms with Crippen molar-refractivity contribution in [3.8, 4) is 33.8 Å². The summed E-state index contributed by atoms with van der Waals surface area (Å²) in [5, 5.41) is 0. The smallest absolute Gasteiger partial charge is 0.362 e. The monoisotopic (exact) mass is 611 g/mol. The van der Waals surface area contributed by atoms with Crippen molar-refractivity contribution in [2.45, 2.75) is 39.5 Å². The van der Waals surface area contributed by atoms with Crippen molar-refractivity contribution < 1.29 is 28.7 Å². The molecule has 5 rings (SSSR count). The highest BCUT2D eigenvalue weighted by Crippen LogP contribution is 2.25. The molecular formula is C39H33NO6. The molecule has 1 aromatic heterocycles. The van der Waals surface area contributed by atoms with Crippen LogP contribution in [0, 0.1) is 0 Å². The summed E-state index contributed by atoms with van der Waals surface area (Å²) in [7, 11) is 0. The Kier molecular flexibility index (Phi) is 10.2. The number of pyridine rings is 1. The fourth-order valence-corrected chi connectivity index (χ4v) is 4.83. The van der Waals surface area contributed by atoms with E-state index in [1.54, 1.807) is 24.3 Å². The second-order valence-electron chi connectivity index (χ2n) is 10.8. The molecule has 0 bridgehead atoms. The number of nitrogens with zero attached hydrogens (tertiary/aromatic N) is 1. The van der Waals surface area contributed by atoms with Crippen molar-refractivity contribution in [3.63, 3.8) is 0 Å². The van der Waals surface area contributed by atoms with Crippen LogP contribution in [0.1, 0.15) is 81.1 Å². The molecule has 0 unspecified atom stereocenters. The number of benzene rings is 4. The Morgan fingerprint density at radius 1 is 0.478 bits per heavy atom. The third kappa shape index (κ3) is 7.87. The zero-order valence-corrected chi connectivity index (χ0v) is 25.7. The van der Waals surface area contributed by atoms with E-state index < -0.39 is 11.9 Å². The maximum absolute atomic E-state index is 12.7. The molecule has 0 spiro atoms. The average molecular weight is 612 g/mol. The molecule has 5 aromatic rings. The maximum Gasteiger partial charge on any atom is 0.362 e. The fourth-order valence-electron chi connectivity index (χ4n) is 4.83. The predicted octanol–water partition coefficient (Wildman–Crippen LogP) is 8.82. The van der Waals surface area contributed by atoms with E-state index in [1.165, 1.54) is 18.3 Å². The van der Waals surface area contributed by atoms with Crippen LogP contribution < -0.4 is 9.47 Å². The lowest BCUT2D eigenvalue weighted by Crippen LogP contribution is -2.13. The summed E-state index contributed by atoms with van der Waals surface area (Å²) < 4.78 is 10.9. The van der Waals surface area contributed by atoms with Gasteiger partial charge in [0.2, 0.25) is 0 Å². The van der Waals surface area contributed by atoms with Crippen LogP contribution in [-0.2, 0) is 0 Å². The molecule has 0 radical (unpaired) electrons. The number of esters is 2. The molecule has 1 heterocycles. The van der Waals surface area contributed by atoms with Gasteiger partial charge in [-0.2, -0.15) is 0 Å². The Morgan fingerprint density at radius 3 is 1.22 bits per heavy atom. The summed E-state index contributed by atoms with van der Waals surface area (Å²) in [4.78, 5) is 53.6. The van der Waals surface area contributed by atoms with E-state index in [0.29, 0.717) is 35.5 Å². The molecule has 0 N–H and O–H groups in total. The summed E-state index contributed by atoms with van der Waals surface area (Å²) in [6, 6.07) is 31.8. The van der Waals surface area contributed by atoms with Gasteiger partial charge in [-0.25, -0.2) is 14.6 Å². The van der Waals surface area contributed by atoms with Gasteiger partial charge in [0.05, 0.1) is 5.56 Å². The summed E-state index contributed by atoms with van der Waals surface area (Å²) in [6.07, 6.45) is 3.94. The molecule has 7 nitrogen and oxygen atoms in total. The first-order chi connectivity index (χ1) is 22.3. The van der Waals surface area contributed by atoms with Crippen LogP contribution >= 0.6 is 0 Å². The van der Waals surface area contributed by atoms with Crippen molar-refractivity contribution in [1.29, 1.82) is 0 Å². The molecule has 0 aliphatic heterocycles. The molecule has 0 aliphatic carbocycles. The number of rotatable bonds is 12. The number of carbonyl (C=O) groups excluding carboxylic acids is 4. The molecular weight excluding hydrogens is 578 g/mol. The van der Waals surface area contributed by atoms with Gasteiger partial charge in [0, 0.05) is 30.2 Å². The van der Waals surface area contributed by atoms with Gasteiger partial charge in [-0.1, -0.05) is 86.6 Å². The molecule has 46 heavy (non-hydrogen) atoms. The van der Waals surface area contributed by atoms with Crippen molar-refractivity contribution in [2.24, 2.45) is 0 Å². The van der Waals surface area contributed by atoms with Crippen LogP contribution in [0.2, 0.25) is 0 Å². The second-order valence-corrected chi connectivity index (χ2v) is 10.8. The first-order valence-corrected chi connectivity index (χ1v) is 15.2. The van der Waals surface area contributed by atoms with Crippen LogP contribution in [0.3, 0.4) is 0 Å². The number of ether oxygens (including phenoxy) is 2. The Morgan fingerprint density at radius 2 is 0.848 bits per heavy atom. The van der Waals surface area contributed by atoms with Crippen molar-refractivity contribution >= 4 is 23.5 Å². The summed E-state index contributed by atoms with van der Waals surface area (Å²) in [5.74, 6) is -0.319. The zero-order valence-electron chi connectivity index (χ0n) is 25.7. The number of carbonyl (C=O) groups is 4. The largest absolute Gasteiger partial charge is 0.423 e. The topological polar surface area (TPSA) is 99.6 Å². The van der Waals surface area contributed by atoms with Gasteiger partial charge >= 0.3 is 11.9 Å². The van der Waals surface area contributed by atoms with Gasteiger partial charge in [-0.3, -0.25) is 9.59 Å². The van der Waals surface area contributed by atoms with E-state index in [4.69, 9.17) is 9.47 Å². The molecule has 230 valence electrons. The van der Waals surface area contributed by atoms with Gasteiger partial charge < -0.3 is 9.47 Å². The highest BCUT2D eigenvalue weighted by molar-refractivity contribution is 5.97. The third-order valence-electron chi connectivity index (χ3n) is 7.37. The SMILES string of the molecule is CCCC(=O)c1ccc(-c2ccc(OC(=O)c3ccc(C(=O)Oc4ccc(-c5ccc(C(=O)CCC)cc5)cc4)nc3)cc2)cc1. The van der Waals surface area contributed by atoms with Gasteiger partial charge in [-0.05, 0) is 71.5 Å². The average Bonchev–Trinajstić information content (AvgIpc) is 3.09. The minimum absolute atomic E-state index is 0.0414. The van der Waals surface area contributed by atoms with Crippen LogP contribution in [-0.4, -0.2) is 28.5 Å². The Hall–Kier alpha value is -5.69. The molecule has 0 saturated heterocycles. The number of aromatic nitrogens is 1. The van der Waals surface area contributed by atoms with Crippen LogP contribution in [0.25, 0.3) is 22.3 Å². The van der Waals surface area contributed by atoms with E-state index in [-0.39, 0.29) is 22.8 Å². The van der Waals surface area contributed by atoms with Crippen molar-refractivity contribution in [1.82, 2.24) is 4.98 Å². The van der Waals surface area contributed by atoms with Crippen molar-refractivity contribution in [3.05, 3.63) is 138 Å². The maximum atomic E-state index is 12.7. The van der Waals surface area contributed by atoms with Gasteiger partial charge in [0.1, 0.15) is 17.2 Å². The van der Waals surface area contributed by atoms with Crippen LogP contribution in [0.5, 0.6) is 11.5 Å². The zero-order chi connectivity index (χ0) is 32.5. The number of ketones is 2. The molecule has 0 aliphatic rings. The number of hydrogen-bond donors (Lipinski definition) is 0. The molecule has 4 aromatic carbocycles. The van der Waals surface area contributed by atoms with E-state index in [2.05, 4.69) is 4.98 Å². The highest BCUT2D eigenvalue weighted by Gasteiger charge is 2.15. The lowest BCUT2D eigenvalue weighted by Gasteiger charge is -2.08. The van der Waals surface area contributed by atoms with Gasteiger partial charge in [0.15, 0.2) is 11.6 Å². The molecule has 0 saturated carbocycles. The Balaban J connectivity index is 1.15. The first-order valence-electron chi connectivity index (χ1n) is 15.2. The molecule has 0 amide bonds. The van der Waals surface area contributed by atoms with Crippen LogP contribution in [0.15, 0.2) is 115 Å². The fraction of sp³-hybridized carbons (Fsp3) is 0.154. The third-order valence-corrected chi connectivity index (χ3v) is 7.37. The van der Waals surface area contributed by atoms with E-state index >= 15 is 0 Å². The summed E-state index contributed by atoms with van der Waals surface area (Å²) in [5.41, 5.74) is 5.33. The van der Waals surface area contributed by atoms with E-state index in [9.17, 15) is 19.2 Å². The first kappa shape index (κ1) is 31.7. The Bertz CT molecular complexity index is 1690. The molecule has 7 heteroatoms. The Labute approximate surface area is 267 Å². The standard InChI is InChI=1S/C39H33NO6/c1-3-5-36(41)30-11-7-26(8-12-30)28-15-20-33(21-16-28)45-38(43)32-19-24-35(40-25-32)39(44)46-34-22-17-29(18-23-34)27-9-13-31(14-10-27)37(42)6-4-2/h7-25H,3-6H2,1-2H3. The quantitative estimate of drug-likeness (QED) is 0.0789. The minimum atomic E-state index is -0.662. The van der Waals surface area contributed by atoms with E-state index in [0.717, 1.165) is 35.1 Å². The van der Waals surface area contributed by atoms with Gasteiger partial charge in [0.25, 0.3) is 0 Å². The van der Waals surface area contributed by atoms with E-state index in [1.807, 2.05) is 86.6 Å². The van der Waals surface area contributed by atoms with Gasteiger partial charge in [-0.15, -0.1) is 0 Å². The lowest BCUT2D eigenvalue weighted by atomic mass is 10.0. The minimum Gasteiger partial charge on any atom is -0.423 e. The molecule has 0 atom stereocenters. The number of Topliss-reactive ketones (excluding diaryl/α,β-unsaturated/α-hetero) is 2. The summed E-state index contributed by atoms with van der Waals surface area (Å²) >= 11 is 0. The lowest BCUT2D eigenvalue weighted by molar-refractivity contribution is 0.0715. The second kappa shape index (κ2) is 14.9. The highest BCUT2D eigenvalue weighted by atomic mass is 16.5. The predicted molar refractivity (Wildman–Crippen MR) is 176 cm³/mol. The summed E-state index contributed by atoms with van der Waals surface area (Å²) in [6.45, 7) is 3.96. The normalized spacial score (nSPS) is 10.7.